The van der Waals surface area contributed by atoms with Crippen LogP contribution in [0.1, 0.15) is 20.7 Å². The molecule has 0 aliphatic heterocycles. The molecule has 2 rings (SSSR count). The number of carboxylic acid groups (broad SMARTS) is 2. The highest BCUT2D eigenvalue weighted by molar-refractivity contribution is 9.11. The molecular formula is C14H7Br4FO4. The van der Waals surface area contributed by atoms with Gasteiger partial charge in [0.2, 0.25) is 0 Å². The molecule has 0 fully saturated rings. The van der Waals surface area contributed by atoms with Gasteiger partial charge in [-0.15, -0.1) is 0 Å². The predicted molar refractivity (Wildman–Crippen MR) is 97.6 cm³/mol. The molecule has 0 aliphatic carbocycles. The smallest absolute Gasteiger partial charge is 0.339 e. The number of halogens is 5. The van der Waals surface area contributed by atoms with Crippen molar-refractivity contribution in [2.75, 3.05) is 0 Å². The lowest BCUT2D eigenvalue weighted by Gasteiger charge is -2.00. The minimum absolute atomic E-state index is 0.224. The molecule has 0 spiro atoms. The Morgan fingerprint density at radius 3 is 1.65 bits per heavy atom. The minimum atomic E-state index is -1.29. The standard InChI is InChI=1S/C7H3Br2FO2.C7H4Br2O2/c8-3-1-4(9)6(7(11)12)5(10)2-3;8-5-1-4(7(10)11)2-6(9)3-5/h1-2H,(H,11,12);1-3H,(H,10,11). The fraction of sp³-hybridized carbons (Fsp3) is 0. The molecule has 0 aromatic heterocycles. The fourth-order valence-electron chi connectivity index (χ4n) is 1.42. The van der Waals surface area contributed by atoms with Crippen LogP contribution in [0.5, 0.6) is 0 Å². The van der Waals surface area contributed by atoms with Crippen molar-refractivity contribution in [3.63, 3.8) is 0 Å². The molecule has 0 unspecified atom stereocenters. The van der Waals surface area contributed by atoms with Crippen LogP contribution >= 0.6 is 63.7 Å². The maximum atomic E-state index is 12.9. The van der Waals surface area contributed by atoms with Crippen LogP contribution in [0.2, 0.25) is 0 Å². The summed E-state index contributed by atoms with van der Waals surface area (Å²) in [5, 5.41) is 17.1. The van der Waals surface area contributed by atoms with E-state index in [9.17, 15) is 14.0 Å². The Morgan fingerprint density at radius 1 is 0.783 bits per heavy atom. The van der Waals surface area contributed by atoms with Gasteiger partial charge in [-0.1, -0.05) is 47.8 Å². The lowest BCUT2D eigenvalue weighted by molar-refractivity contribution is 0.0682. The fourth-order valence-corrected chi connectivity index (χ4v) is 4.06. The number of carbonyl (C=O) groups is 2. The highest BCUT2D eigenvalue weighted by Gasteiger charge is 2.14. The summed E-state index contributed by atoms with van der Waals surface area (Å²) >= 11 is 12.4. The van der Waals surface area contributed by atoms with Gasteiger partial charge in [0.15, 0.2) is 0 Å². The van der Waals surface area contributed by atoms with E-state index in [0.29, 0.717) is 4.47 Å². The summed E-state index contributed by atoms with van der Waals surface area (Å²) in [6.45, 7) is 0. The van der Waals surface area contributed by atoms with Gasteiger partial charge in [-0.25, -0.2) is 14.0 Å². The monoisotopic (exact) mass is 574 g/mol. The van der Waals surface area contributed by atoms with E-state index in [2.05, 4.69) is 63.7 Å². The normalized spacial score (nSPS) is 9.78. The number of rotatable bonds is 2. The average molecular weight is 578 g/mol. The number of benzene rings is 2. The predicted octanol–water partition coefficient (Wildman–Crippen LogP) is 5.96. The molecule has 122 valence electrons. The largest absolute Gasteiger partial charge is 0.478 e. The van der Waals surface area contributed by atoms with Gasteiger partial charge in [-0.2, -0.15) is 0 Å². The van der Waals surface area contributed by atoms with E-state index in [4.69, 9.17) is 10.2 Å². The van der Waals surface area contributed by atoms with Crippen LogP contribution in [-0.4, -0.2) is 22.2 Å². The third-order valence-corrected chi connectivity index (χ3v) is 4.33. The minimum Gasteiger partial charge on any atom is -0.478 e. The molecule has 0 heterocycles. The number of aromatic carboxylic acids is 2. The van der Waals surface area contributed by atoms with Gasteiger partial charge in [0.25, 0.3) is 0 Å². The van der Waals surface area contributed by atoms with Crippen LogP contribution in [0.3, 0.4) is 0 Å². The van der Waals surface area contributed by atoms with Crippen molar-refractivity contribution < 1.29 is 24.2 Å². The molecule has 2 aromatic rings. The van der Waals surface area contributed by atoms with Gasteiger partial charge in [0.1, 0.15) is 11.4 Å². The molecule has 2 N–H and O–H groups in total. The van der Waals surface area contributed by atoms with E-state index < -0.39 is 17.8 Å². The first-order valence-corrected chi connectivity index (χ1v) is 8.86. The molecule has 0 saturated heterocycles. The van der Waals surface area contributed by atoms with Crippen molar-refractivity contribution in [1.29, 1.82) is 0 Å². The van der Waals surface area contributed by atoms with Gasteiger partial charge in [0.05, 0.1) is 5.56 Å². The molecule has 0 aliphatic rings. The maximum Gasteiger partial charge on any atom is 0.339 e. The van der Waals surface area contributed by atoms with Gasteiger partial charge < -0.3 is 10.2 Å². The Morgan fingerprint density at radius 2 is 1.26 bits per heavy atom. The quantitative estimate of drug-likeness (QED) is 0.462. The van der Waals surface area contributed by atoms with Crippen molar-refractivity contribution in [3.8, 4) is 0 Å². The van der Waals surface area contributed by atoms with Crippen LogP contribution in [0.4, 0.5) is 4.39 Å². The van der Waals surface area contributed by atoms with Crippen molar-refractivity contribution in [2.24, 2.45) is 0 Å². The molecule has 4 nitrogen and oxygen atoms in total. The van der Waals surface area contributed by atoms with Crippen LogP contribution < -0.4 is 0 Å². The summed E-state index contributed by atoms with van der Waals surface area (Å²) in [7, 11) is 0. The summed E-state index contributed by atoms with van der Waals surface area (Å²) in [5.74, 6) is -2.97. The Kier molecular flexibility index (Phi) is 7.85. The SMILES string of the molecule is O=C(O)c1c(F)cc(Br)cc1Br.O=C(O)c1cc(Br)cc(Br)c1. The third kappa shape index (κ3) is 6.33. The van der Waals surface area contributed by atoms with E-state index >= 15 is 0 Å². The summed E-state index contributed by atoms with van der Waals surface area (Å²) in [6.07, 6.45) is 0. The third-order valence-electron chi connectivity index (χ3n) is 2.33. The molecule has 0 atom stereocenters. The first-order valence-electron chi connectivity index (χ1n) is 5.69. The Hall–Kier alpha value is -0.770. The molecule has 0 radical (unpaired) electrons. The van der Waals surface area contributed by atoms with E-state index in [-0.39, 0.29) is 15.6 Å². The average Bonchev–Trinajstić information content (AvgIpc) is 2.36. The lowest BCUT2D eigenvalue weighted by Crippen LogP contribution is -2.01. The highest BCUT2D eigenvalue weighted by Crippen LogP contribution is 2.25. The topological polar surface area (TPSA) is 74.6 Å². The molecule has 0 saturated carbocycles. The molecular weight excluding hydrogens is 571 g/mol. The van der Waals surface area contributed by atoms with Crippen molar-refractivity contribution in [3.05, 3.63) is 65.2 Å². The summed E-state index contributed by atoms with van der Waals surface area (Å²) in [6, 6.07) is 7.47. The second kappa shape index (κ2) is 8.91. The summed E-state index contributed by atoms with van der Waals surface area (Å²) < 4.78 is 15.2. The second-order valence-electron chi connectivity index (χ2n) is 4.01. The highest BCUT2D eigenvalue weighted by atomic mass is 79.9. The molecule has 9 heteroatoms. The molecule has 2 aromatic carbocycles. The van der Waals surface area contributed by atoms with Crippen LogP contribution in [0, 0.1) is 5.82 Å². The zero-order chi connectivity index (χ0) is 17.7. The van der Waals surface area contributed by atoms with E-state index in [1.165, 1.54) is 6.07 Å². The van der Waals surface area contributed by atoms with Gasteiger partial charge in [-0.05, 0) is 46.3 Å². The van der Waals surface area contributed by atoms with Gasteiger partial charge in [-0.3, -0.25) is 0 Å². The number of carboxylic acids is 2. The first kappa shape index (κ1) is 20.3. The van der Waals surface area contributed by atoms with Gasteiger partial charge in [0, 0.05) is 17.9 Å². The summed E-state index contributed by atoms with van der Waals surface area (Å²) in [4.78, 5) is 20.9. The number of hydrogen-bond acceptors (Lipinski definition) is 2. The zero-order valence-corrected chi connectivity index (χ0v) is 17.3. The Balaban J connectivity index is 0.000000231. The van der Waals surface area contributed by atoms with Crippen molar-refractivity contribution in [2.45, 2.75) is 0 Å². The van der Waals surface area contributed by atoms with Crippen molar-refractivity contribution in [1.82, 2.24) is 0 Å². The Labute approximate surface area is 164 Å². The Bertz CT molecular complexity index is 721. The lowest BCUT2D eigenvalue weighted by atomic mass is 10.2. The van der Waals surface area contributed by atoms with E-state index in [1.807, 2.05) is 0 Å². The molecule has 23 heavy (non-hydrogen) atoms. The van der Waals surface area contributed by atoms with Gasteiger partial charge >= 0.3 is 11.9 Å². The van der Waals surface area contributed by atoms with Crippen LogP contribution in [-0.2, 0) is 0 Å². The van der Waals surface area contributed by atoms with E-state index in [0.717, 1.165) is 15.0 Å². The van der Waals surface area contributed by atoms with Crippen LogP contribution in [0.25, 0.3) is 0 Å². The first-order chi connectivity index (χ1) is 10.6. The van der Waals surface area contributed by atoms with Crippen molar-refractivity contribution >= 4 is 75.7 Å². The zero-order valence-electron chi connectivity index (χ0n) is 11.0. The second-order valence-corrected chi connectivity index (χ2v) is 7.61. The van der Waals surface area contributed by atoms with E-state index in [1.54, 1.807) is 18.2 Å². The molecule has 0 bridgehead atoms. The summed E-state index contributed by atoms with van der Waals surface area (Å²) in [5.41, 5.74) is -0.0792. The van der Waals surface area contributed by atoms with Crippen LogP contribution in [0.15, 0.2) is 48.2 Å². The molecule has 0 amide bonds. The maximum absolute atomic E-state index is 12.9. The number of hydrogen-bond donors (Lipinski definition) is 2.